The molecule has 0 aromatic rings. The Bertz CT molecular complexity index is 152. The number of rotatable bonds is 2. The van der Waals surface area contributed by atoms with Crippen molar-refractivity contribution in [3.05, 3.63) is 0 Å². The first-order valence-corrected chi connectivity index (χ1v) is 2.72. The summed E-state index contributed by atoms with van der Waals surface area (Å²) in [4.78, 5) is 0. The molecule has 0 spiro atoms. The molecule has 0 amide bonds. The molecule has 4 nitrogen and oxygen atoms in total. The van der Waals surface area contributed by atoms with Gasteiger partial charge < -0.3 is 0 Å². The Kier molecular flexibility index (Phi) is 7.33. The summed E-state index contributed by atoms with van der Waals surface area (Å²) in [6, 6.07) is 0. The van der Waals surface area contributed by atoms with E-state index in [2.05, 4.69) is 4.18 Å². The normalized spacial score (nSPS) is 11.1. The van der Waals surface area contributed by atoms with Gasteiger partial charge >= 0.3 is 68.4 Å². The van der Waals surface area contributed by atoms with Gasteiger partial charge in [0.1, 0.15) is 0 Å². The molecule has 0 aromatic heterocycles. The summed E-state index contributed by atoms with van der Waals surface area (Å²) in [5.74, 6) is 0. The van der Waals surface area contributed by atoms with E-state index in [1.165, 1.54) is 0 Å². The molecular weight excluding hydrogens is 185 g/mol. The second kappa shape index (κ2) is 5.07. The van der Waals surface area contributed by atoms with E-state index in [1.54, 1.807) is 0 Å². The molecule has 1 N–H and O–H groups in total. The maximum atomic E-state index is 10.8. The van der Waals surface area contributed by atoms with Crippen molar-refractivity contribution < 1.29 is 25.9 Å². The molecule has 0 aliphatic rings. The van der Waals surface area contributed by atoms with E-state index in [9.17, 15) is 17.2 Å². The second-order valence-electron chi connectivity index (χ2n) is 0.785. The molecule has 0 heterocycles. The van der Waals surface area contributed by atoms with E-state index in [0.717, 1.165) is 0 Å². The molecule has 0 aromatic carbocycles. The van der Waals surface area contributed by atoms with Crippen molar-refractivity contribution in [1.29, 1.82) is 0 Å². The predicted molar refractivity (Wildman–Crippen MR) is 25.8 cm³/mol. The predicted octanol–water partition coefficient (Wildman–Crippen LogP) is -0.620. The van der Waals surface area contributed by atoms with E-state index in [-0.39, 0.29) is 51.4 Å². The van der Waals surface area contributed by atoms with Gasteiger partial charge in [-0.1, -0.05) is 0 Å². The second-order valence-corrected chi connectivity index (χ2v) is 1.83. The number of hydrogen-bond donors (Lipinski definition) is 1. The van der Waals surface area contributed by atoms with Gasteiger partial charge in [0.25, 0.3) is 0 Å². The van der Waals surface area contributed by atoms with E-state index in [4.69, 9.17) is 4.55 Å². The van der Waals surface area contributed by atoms with Gasteiger partial charge in [0.05, 0.1) is 0 Å². The van der Waals surface area contributed by atoms with Gasteiger partial charge in [-0.3, -0.25) is 4.55 Å². The third-order valence-electron chi connectivity index (χ3n) is 0.194. The molecule has 8 heteroatoms. The van der Waals surface area contributed by atoms with Gasteiger partial charge in [0.2, 0.25) is 0 Å². The summed E-state index contributed by atoms with van der Waals surface area (Å²) in [5.41, 5.74) is 0. The Balaban J connectivity index is 0. The van der Waals surface area contributed by atoms with E-state index in [0.29, 0.717) is 0 Å². The fraction of sp³-hybridized carbons (Fsp3) is 1.00. The number of alkyl halides is 2. The molecule has 0 rings (SSSR count). The minimum atomic E-state index is -4.97. The zero-order chi connectivity index (χ0) is 6.78. The van der Waals surface area contributed by atoms with Crippen LogP contribution in [0.1, 0.15) is 0 Å². The monoisotopic (exact) mass is 188 g/mol. The molecule has 0 bridgehead atoms. The Morgan fingerprint density at radius 2 is 1.78 bits per heavy atom. The van der Waals surface area contributed by atoms with Crippen LogP contribution in [0.2, 0.25) is 0 Å². The van der Waals surface area contributed by atoms with Crippen LogP contribution in [0.15, 0.2) is 0 Å². The summed E-state index contributed by atoms with van der Waals surface area (Å²) in [5, 5.41) is 0. The van der Waals surface area contributed by atoms with Gasteiger partial charge in [-0.2, -0.15) is 21.4 Å². The van der Waals surface area contributed by atoms with Crippen LogP contribution in [0.3, 0.4) is 0 Å². The molecular formula is CH3F2KO4S. The van der Waals surface area contributed by atoms with Crippen LogP contribution in [-0.4, -0.2) is 71.0 Å². The first kappa shape index (κ1) is 13.0. The van der Waals surface area contributed by atoms with Crippen LogP contribution in [-0.2, 0) is 14.6 Å². The van der Waals surface area contributed by atoms with E-state index >= 15 is 0 Å². The average molecular weight is 188 g/mol. The molecule has 0 radical (unpaired) electrons. The summed E-state index contributed by atoms with van der Waals surface area (Å²) in [7, 11) is -4.97. The first-order valence-electron chi connectivity index (χ1n) is 1.35. The topological polar surface area (TPSA) is 63.6 Å². The molecule has 0 fully saturated rings. The molecule has 0 aliphatic carbocycles. The van der Waals surface area contributed by atoms with Crippen LogP contribution in [0.4, 0.5) is 8.78 Å². The van der Waals surface area contributed by atoms with Gasteiger partial charge in [0.15, 0.2) is 0 Å². The Labute approximate surface area is 92.9 Å². The standard InChI is InChI=1S/CH2F2O4S.K.H/c2-1(3)7-8(4,5)6;;/h1H,(H,4,5,6);;. The van der Waals surface area contributed by atoms with Crippen LogP contribution < -0.4 is 0 Å². The molecule has 9 heavy (non-hydrogen) atoms. The maximum absolute atomic E-state index is 10.8. The first-order chi connectivity index (χ1) is 3.42. The van der Waals surface area contributed by atoms with Gasteiger partial charge in [-0.25, -0.2) is 0 Å². The molecule has 0 atom stereocenters. The Morgan fingerprint density at radius 1 is 1.44 bits per heavy atom. The van der Waals surface area contributed by atoms with Crippen molar-refractivity contribution in [2.24, 2.45) is 0 Å². The third-order valence-corrected chi connectivity index (χ3v) is 0.583. The fourth-order valence-corrected chi connectivity index (χ4v) is 0.276. The third kappa shape index (κ3) is 12.5. The summed E-state index contributed by atoms with van der Waals surface area (Å²) in [6.45, 7) is -3.50. The van der Waals surface area contributed by atoms with E-state index in [1.807, 2.05) is 0 Å². The number of hydrogen-bond acceptors (Lipinski definition) is 3. The van der Waals surface area contributed by atoms with Crippen LogP contribution in [0.25, 0.3) is 0 Å². The van der Waals surface area contributed by atoms with Crippen LogP contribution in [0.5, 0.6) is 0 Å². The van der Waals surface area contributed by atoms with Crippen molar-refractivity contribution in [3.63, 3.8) is 0 Å². The SMILES string of the molecule is O=S(=O)(O)OC(F)F.[KH]. The number of halogens is 2. The zero-order valence-electron chi connectivity index (χ0n) is 3.41. The molecule has 0 aliphatic heterocycles. The Morgan fingerprint density at radius 3 is 1.78 bits per heavy atom. The molecule has 52 valence electrons. The minimum absolute atomic E-state index is 0. The fourth-order valence-electron chi connectivity index (χ4n) is 0.0919. The van der Waals surface area contributed by atoms with Crippen LogP contribution >= 0.6 is 0 Å². The molecule has 0 saturated carbocycles. The van der Waals surface area contributed by atoms with Crippen LogP contribution in [0, 0.1) is 0 Å². The average Bonchev–Trinajstić information content (AvgIpc) is 1.21. The quantitative estimate of drug-likeness (QED) is 0.463. The Hall–Kier alpha value is 1.37. The molecule has 0 saturated heterocycles. The summed E-state index contributed by atoms with van der Waals surface area (Å²) >= 11 is 0. The van der Waals surface area contributed by atoms with Crippen molar-refractivity contribution in [2.45, 2.75) is 6.61 Å². The van der Waals surface area contributed by atoms with Gasteiger partial charge in [0, 0.05) is 0 Å². The summed E-state index contributed by atoms with van der Waals surface area (Å²) in [6.07, 6.45) is 0. The van der Waals surface area contributed by atoms with Gasteiger partial charge in [-0.15, -0.1) is 0 Å². The molecule has 0 unspecified atom stereocenters. The summed E-state index contributed by atoms with van der Waals surface area (Å²) < 4.78 is 50.2. The van der Waals surface area contributed by atoms with Crippen molar-refractivity contribution in [2.75, 3.05) is 0 Å². The van der Waals surface area contributed by atoms with Gasteiger partial charge in [-0.05, 0) is 0 Å². The van der Waals surface area contributed by atoms with E-state index < -0.39 is 17.0 Å². The van der Waals surface area contributed by atoms with Crippen molar-refractivity contribution >= 4 is 61.8 Å². The van der Waals surface area contributed by atoms with Crippen molar-refractivity contribution in [3.8, 4) is 0 Å². The van der Waals surface area contributed by atoms with Crippen molar-refractivity contribution in [1.82, 2.24) is 0 Å². The zero-order valence-corrected chi connectivity index (χ0v) is 4.23.